The van der Waals surface area contributed by atoms with Crippen molar-refractivity contribution in [3.05, 3.63) is 35.1 Å². The van der Waals surface area contributed by atoms with Crippen molar-refractivity contribution in [3.8, 4) is 0 Å². The quantitative estimate of drug-likeness (QED) is 0.867. The van der Waals surface area contributed by atoms with Gasteiger partial charge < -0.3 is 5.11 Å². The number of hydrogen-bond acceptors (Lipinski definition) is 2. The van der Waals surface area contributed by atoms with Crippen molar-refractivity contribution in [1.82, 2.24) is 4.90 Å². The van der Waals surface area contributed by atoms with Gasteiger partial charge in [0, 0.05) is 12.1 Å². The maximum atomic E-state index is 13.6. The minimum Gasteiger partial charge on any atom is -0.478 e. The molecule has 0 aromatic heterocycles. The van der Waals surface area contributed by atoms with Gasteiger partial charge in [0.25, 0.3) is 6.43 Å². The number of halogens is 3. The van der Waals surface area contributed by atoms with Gasteiger partial charge in [0.15, 0.2) is 0 Å². The van der Waals surface area contributed by atoms with Crippen LogP contribution in [0.25, 0.3) is 0 Å². The summed E-state index contributed by atoms with van der Waals surface area (Å²) in [4.78, 5) is 11.9. The van der Waals surface area contributed by atoms with E-state index >= 15 is 0 Å². The van der Waals surface area contributed by atoms with E-state index in [2.05, 4.69) is 0 Å². The molecule has 6 heteroatoms. The number of carboxylic acid groups (broad SMARTS) is 1. The molecule has 17 heavy (non-hydrogen) atoms. The highest BCUT2D eigenvalue weighted by atomic mass is 19.3. The van der Waals surface area contributed by atoms with Gasteiger partial charge in [0.05, 0.1) is 12.1 Å². The van der Waals surface area contributed by atoms with Crippen LogP contribution in [0.3, 0.4) is 0 Å². The molecule has 0 unspecified atom stereocenters. The highest BCUT2D eigenvalue weighted by molar-refractivity contribution is 5.88. The van der Waals surface area contributed by atoms with E-state index in [0.29, 0.717) is 0 Å². The first-order valence-electron chi connectivity index (χ1n) is 4.89. The van der Waals surface area contributed by atoms with Crippen LogP contribution in [0, 0.1) is 5.82 Å². The zero-order valence-corrected chi connectivity index (χ0v) is 9.16. The van der Waals surface area contributed by atoms with Crippen LogP contribution in [-0.4, -0.2) is 36.0 Å². The maximum Gasteiger partial charge on any atom is 0.338 e. The number of hydrogen-bond donors (Lipinski definition) is 1. The maximum absolute atomic E-state index is 13.6. The van der Waals surface area contributed by atoms with Gasteiger partial charge >= 0.3 is 5.97 Å². The smallest absolute Gasteiger partial charge is 0.338 e. The summed E-state index contributed by atoms with van der Waals surface area (Å²) in [6.45, 7) is -0.548. The molecule has 0 aliphatic heterocycles. The molecule has 0 fully saturated rings. The third kappa shape index (κ3) is 3.74. The number of carbonyl (C=O) groups is 1. The summed E-state index contributed by atoms with van der Waals surface area (Å²) >= 11 is 0. The van der Waals surface area contributed by atoms with Gasteiger partial charge in [-0.1, -0.05) is 12.1 Å². The van der Waals surface area contributed by atoms with Crippen LogP contribution in [0.4, 0.5) is 13.2 Å². The summed E-state index contributed by atoms with van der Waals surface area (Å²) in [5.74, 6) is -2.25. The summed E-state index contributed by atoms with van der Waals surface area (Å²) in [6.07, 6.45) is -2.51. The number of alkyl halides is 2. The zero-order valence-electron chi connectivity index (χ0n) is 9.16. The van der Waals surface area contributed by atoms with Crippen LogP contribution in [0.1, 0.15) is 15.9 Å². The second-order valence-corrected chi connectivity index (χ2v) is 3.67. The van der Waals surface area contributed by atoms with Gasteiger partial charge in [-0.05, 0) is 13.1 Å². The van der Waals surface area contributed by atoms with Crippen LogP contribution < -0.4 is 0 Å². The topological polar surface area (TPSA) is 40.5 Å². The number of benzene rings is 1. The van der Waals surface area contributed by atoms with Gasteiger partial charge in [-0.3, -0.25) is 4.90 Å². The Labute approximate surface area is 96.5 Å². The molecule has 0 aliphatic carbocycles. The summed E-state index contributed by atoms with van der Waals surface area (Å²) in [7, 11) is 1.42. The predicted molar refractivity (Wildman–Crippen MR) is 55.7 cm³/mol. The number of rotatable bonds is 5. The molecule has 0 saturated heterocycles. The van der Waals surface area contributed by atoms with E-state index in [-0.39, 0.29) is 12.1 Å². The van der Waals surface area contributed by atoms with Crippen molar-refractivity contribution < 1.29 is 23.1 Å². The molecule has 1 N–H and O–H groups in total. The molecule has 1 rings (SSSR count). The van der Waals surface area contributed by atoms with Gasteiger partial charge in [-0.25, -0.2) is 18.0 Å². The Morgan fingerprint density at radius 2 is 2.12 bits per heavy atom. The molecule has 0 heterocycles. The molecule has 0 spiro atoms. The molecular formula is C11H12F3NO2. The fraction of sp³-hybridized carbons (Fsp3) is 0.364. The van der Waals surface area contributed by atoms with Crippen molar-refractivity contribution >= 4 is 5.97 Å². The fourth-order valence-corrected chi connectivity index (χ4v) is 1.46. The molecule has 0 amide bonds. The van der Waals surface area contributed by atoms with Crippen molar-refractivity contribution in [2.75, 3.05) is 13.6 Å². The summed E-state index contributed by atoms with van der Waals surface area (Å²) in [5.41, 5.74) is -0.360. The first-order valence-corrected chi connectivity index (χ1v) is 4.89. The van der Waals surface area contributed by atoms with E-state index in [4.69, 9.17) is 5.11 Å². The Bertz CT molecular complexity index is 410. The highest BCUT2D eigenvalue weighted by Crippen LogP contribution is 2.15. The van der Waals surface area contributed by atoms with E-state index in [1.807, 2.05) is 0 Å². The Kier molecular flexibility index (Phi) is 4.51. The Hall–Kier alpha value is -1.56. The summed E-state index contributed by atoms with van der Waals surface area (Å²) in [5, 5.41) is 8.70. The zero-order chi connectivity index (χ0) is 13.0. The lowest BCUT2D eigenvalue weighted by molar-refractivity contribution is 0.0690. The molecule has 1 aromatic rings. The lowest BCUT2D eigenvalue weighted by Crippen LogP contribution is -2.24. The third-order valence-corrected chi connectivity index (χ3v) is 2.20. The minimum atomic E-state index is -2.51. The average molecular weight is 247 g/mol. The minimum absolute atomic E-state index is 0.0582. The monoisotopic (exact) mass is 247 g/mol. The normalized spacial score (nSPS) is 11.2. The summed E-state index contributed by atoms with van der Waals surface area (Å²) in [6, 6.07) is 3.90. The van der Waals surface area contributed by atoms with Crippen LogP contribution >= 0.6 is 0 Å². The fourth-order valence-electron chi connectivity index (χ4n) is 1.46. The second-order valence-electron chi connectivity index (χ2n) is 3.67. The molecule has 0 atom stereocenters. The first kappa shape index (κ1) is 13.5. The number of nitrogens with zero attached hydrogens (tertiary/aromatic N) is 1. The van der Waals surface area contributed by atoms with E-state index in [9.17, 15) is 18.0 Å². The third-order valence-electron chi connectivity index (χ3n) is 2.20. The molecule has 3 nitrogen and oxygen atoms in total. The van der Waals surface area contributed by atoms with Crippen molar-refractivity contribution in [2.24, 2.45) is 0 Å². The van der Waals surface area contributed by atoms with Crippen LogP contribution in [0.2, 0.25) is 0 Å². The van der Waals surface area contributed by atoms with Crippen molar-refractivity contribution in [3.63, 3.8) is 0 Å². The highest BCUT2D eigenvalue weighted by Gasteiger charge is 2.15. The number of aromatic carboxylic acids is 1. The Morgan fingerprint density at radius 3 is 2.65 bits per heavy atom. The lowest BCUT2D eigenvalue weighted by Gasteiger charge is -2.16. The Balaban J connectivity index is 2.85. The number of carboxylic acids is 1. The predicted octanol–water partition coefficient (Wildman–Crippen LogP) is 2.22. The molecule has 0 bridgehead atoms. The van der Waals surface area contributed by atoms with E-state index < -0.39 is 30.3 Å². The molecule has 94 valence electrons. The first-order chi connectivity index (χ1) is 7.91. The Morgan fingerprint density at radius 1 is 1.47 bits per heavy atom. The van der Waals surface area contributed by atoms with E-state index in [1.54, 1.807) is 0 Å². The van der Waals surface area contributed by atoms with E-state index in [0.717, 1.165) is 6.07 Å². The molecule has 0 aliphatic rings. The van der Waals surface area contributed by atoms with Crippen LogP contribution in [-0.2, 0) is 6.54 Å². The van der Waals surface area contributed by atoms with Crippen molar-refractivity contribution in [1.29, 1.82) is 0 Å². The standard InChI is InChI=1S/C11H12F3NO2/c1-15(6-9(12)13)5-7-3-2-4-8(10(7)14)11(16)17/h2-4,9H,5-6H2,1H3,(H,16,17). The lowest BCUT2D eigenvalue weighted by atomic mass is 10.1. The largest absolute Gasteiger partial charge is 0.478 e. The molecule has 0 saturated carbocycles. The SMILES string of the molecule is CN(Cc1cccc(C(=O)O)c1F)CC(F)F. The van der Waals surface area contributed by atoms with Gasteiger partial charge in [-0.15, -0.1) is 0 Å². The second kappa shape index (κ2) is 5.67. The molecule has 0 radical (unpaired) electrons. The van der Waals surface area contributed by atoms with Gasteiger partial charge in [0.2, 0.25) is 0 Å². The van der Waals surface area contributed by atoms with Crippen LogP contribution in [0.5, 0.6) is 0 Å². The average Bonchev–Trinajstić information content (AvgIpc) is 2.19. The van der Waals surface area contributed by atoms with E-state index in [1.165, 1.54) is 24.1 Å². The molecule has 1 aromatic carbocycles. The molecular weight excluding hydrogens is 235 g/mol. The van der Waals surface area contributed by atoms with Gasteiger partial charge in [0.1, 0.15) is 5.82 Å². The van der Waals surface area contributed by atoms with Crippen molar-refractivity contribution in [2.45, 2.75) is 13.0 Å². The van der Waals surface area contributed by atoms with Crippen LogP contribution in [0.15, 0.2) is 18.2 Å². The van der Waals surface area contributed by atoms with Gasteiger partial charge in [-0.2, -0.15) is 0 Å². The summed E-state index contributed by atoms with van der Waals surface area (Å²) < 4.78 is 37.8.